The predicted octanol–water partition coefficient (Wildman–Crippen LogP) is 3.00. The van der Waals surface area contributed by atoms with Gasteiger partial charge in [0.05, 0.1) is 0 Å². The molecule has 4 nitrogen and oxygen atoms in total. The van der Waals surface area contributed by atoms with Crippen LogP contribution >= 0.6 is 0 Å². The predicted molar refractivity (Wildman–Crippen MR) is 69.1 cm³/mol. The lowest BCUT2D eigenvalue weighted by atomic mass is 10.2. The molecule has 0 aromatic heterocycles. The summed E-state index contributed by atoms with van der Waals surface area (Å²) in [5.41, 5.74) is 0. The number of hydrogen-bond acceptors (Lipinski definition) is 4. The fourth-order valence-electron chi connectivity index (χ4n) is 1.29. The van der Waals surface area contributed by atoms with Gasteiger partial charge in [-0.2, -0.15) is 13.2 Å². The van der Waals surface area contributed by atoms with Gasteiger partial charge >= 0.3 is 18.1 Å². The van der Waals surface area contributed by atoms with Crippen molar-refractivity contribution in [3.63, 3.8) is 0 Å². The summed E-state index contributed by atoms with van der Waals surface area (Å²) in [7, 11) is 0. The highest BCUT2D eigenvalue weighted by Crippen LogP contribution is 2.22. The number of halogens is 3. The van der Waals surface area contributed by atoms with E-state index in [2.05, 4.69) is 16.6 Å². The van der Waals surface area contributed by atoms with Crippen LogP contribution in [0.5, 0.6) is 0 Å². The lowest BCUT2D eigenvalue weighted by Crippen LogP contribution is -2.30. The summed E-state index contributed by atoms with van der Waals surface area (Å²) in [5.74, 6) is 3.79. The molecule has 0 spiro atoms. The molecule has 0 amide bonds. The molecule has 0 aliphatic rings. The first-order valence-electron chi connectivity index (χ1n) is 6.58. The molecular formula is C14H19F3O4. The highest BCUT2D eigenvalue weighted by atomic mass is 19.4. The van der Waals surface area contributed by atoms with Gasteiger partial charge in [-0.25, -0.2) is 0 Å². The van der Waals surface area contributed by atoms with Crippen LogP contribution in [0, 0.1) is 11.8 Å². The molecule has 0 aromatic rings. The average Bonchev–Trinajstić information content (AvgIpc) is 2.36. The van der Waals surface area contributed by atoms with Crippen LogP contribution < -0.4 is 0 Å². The Morgan fingerprint density at radius 1 is 1.14 bits per heavy atom. The SMILES string of the molecule is CC#CC(CC)OC(=O)CCCC(=O)OC(C)C(F)(F)F. The van der Waals surface area contributed by atoms with Crippen LogP contribution in [0.2, 0.25) is 0 Å². The maximum Gasteiger partial charge on any atom is 0.425 e. The first kappa shape index (κ1) is 19.3. The van der Waals surface area contributed by atoms with Crippen molar-refractivity contribution in [3.8, 4) is 11.8 Å². The summed E-state index contributed by atoms with van der Waals surface area (Å²) in [4.78, 5) is 22.6. The minimum absolute atomic E-state index is 0.0677. The van der Waals surface area contributed by atoms with Gasteiger partial charge in [-0.3, -0.25) is 9.59 Å². The van der Waals surface area contributed by atoms with Gasteiger partial charge in [0, 0.05) is 12.8 Å². The molecule has 0 N–H and O–H groups in total. The van der Waals surface area contributed by atoms with E-state index in [4.69, 9.17) is 4.74 Å². The quantitative estimate of drug-likeness (QED) is 0.536. The minimum atomic E-state index is -4.58. The molecule has 0 fully saturated rings. The smallest absolute Gasteiger partial charge is 0.425 e. The zero-order chi connectivity index (χ0) is 16.5. The fraction of sp³-hybridized carbons (Fsp3) is 0.714. The molecular weight excluding hydrogens is 289 g/mol. The fourth-order valence-corrected chi connectivity index (χ4v) is 1.29. The Balaban J connectivity index is 4.00. The van der Waals surface area contributed by atoms with E-state index in [1.165, 1.54) is 0 Å². The van der Waals surface area contributed by atoms with E-state index in [0.717, 1.165) is 6.92 Å². The van der Waals surface area contributed by atoms with Gasteiger partial charge in [-0.05, 0) is 26.7 Å². The normalized spacial score (nSPS) is 13.6. The first-order chi connectivity index (χ1) is 9.70. The Kier molecular flexibility index (Phi) is 8.51. The van der Waals surface area contributed by atoms with E-state index in [-0.39, 0.29) is 19.3 Å². The van der Waals surface area contributed by atoms with E-state index in [1.807, 2.05) is 0 Å². The van der Waals surface area contributed by atoms with Crippen LogP contribution in [-0.4, -0.2) is 30.3 Å². The van der Waals surface area contributed by atoms with Crippen molar-refractivity contribution in [1.82, 2.24) is 0 Å². The second-order valence-electron chi connectivity index (χ2n) is 4.31. The molecule has 2 unspecified atom stereocenters. The number of rotatable bonds is 7. The molecule has 21 heavy (non-hydrogen) atoms. The lowest BCUT2D eigenvalue weighted by Gasteiger charge is -2.16. The number of ether oxygens (including phenoxy) is 2. The van der Waals surface area contributed by atoms with Crippen molar-refractivity contribution >= 4 is 11.9 Å². The molecule has 0 saturated carbocycles. The van der Waals surface area contributed by atoms with Crippen LogP contribution in [0.3, 0.4) is 0 Å². The van der Waals surface area contributed by atoms with Crippen molar-refractivity contribution in [2.24, 2.45) is 0 Å². The summed E-state index contributed by atoms with van der Waals surface area (Å²) in [5, 5.41) is 0. The van der Waals surface area contributed by atoms with Gasteiger partial charge in [0.25, 0.3) is 0 Å². The monoisotopic (exact) mass is 308 g/mol. The third kappa shape index (κ3) is 8.95. The Hall–Kier alpha value is -1.71. The Bertz CT molecular complexity index is 407. The summed E-state index contributed by atoms with van der Waals surface area (Å²) in [6, 6.07) is 0. The molecule has 0 saturated heterocycles. The second kappa shape index (κ2) is 9.27. The van der Waals surface area contributed by atoms with E-state index < -0.39 is 30.3 Å². The maximum atomic E-state index is 12.2. The zero-order valence-corrected chi connectivity index (χ0v) is 12.3. The molecule has 0 heterocycles. The third-order valence-electron chi connectivity index (χ3n) is 2.48. The van der Waals surface area contributed by atoms with Gasteiger partial charge in [-0.1, -0.05) is 12.8 Å². The number of carbonyl (C=O) groups is 2. The summed E-state index contributed by atoms with van der Waals surface area (Å²) in [6.07, 6.45) is -6.97. The number of alkyl halides is 3. The van der Waals surface area contributed by atoms with Crippen molar-refractivity contribution in [2.75, 3.05) is 0 Å². The highest BCUT2D eigenvalue weighted by molar-refractivity contribution is 5.72. The van der Waals surface area contributed by atoms with Gasteiger partial charge in [0.1, 0.15) is 0 Å². The Morgan fingerprint density at radius 2 is 1.67 bits per heavy atom. The van der Waals surface area contributed by atoms with E-state index in [1.54, 1.807) is 13.8 Å². The summed E-state index contributed by atoms with van der Waals surface area (Å²) >= 11 is 0. The van der Waals surface area contributed by atoms with E-state index >= 15 is 0 Å². The van der Waals surface area contributed by atoms with Crippen LogP contribution in [0.15, 0.2) is 0 Å². The van der Waals surface area contributed by atoms with E-state index in [9.17, 15) is 22.8 Å². The molecule has 0 aromatic carbocycles. The number of esters is 2. The molecule has 0 radical (unpaired) electrons. The van der Waals surface area contributed by atoms with Crippen molar-refractivity contribution in [3.05, 3.63) is 0 Å². The van der Waals surface area contributed by atoms with Crippen LogP contribution in [0.1, 0.15) is 46.5 Å². The van der Waals surface area contributed by atoms with Gasteiger partial charge in [0.2, 0.25) is 0 Å². The summed E-state index contributed by atoms with van der Waals surface area (Å²) < 4.78 is 45.7. The lowest BCUT2D eigenvalue weighted by molar-refractivity contribution is -0.216. The molecule has 120 valence electrons. The largest absolute Gasteiger partial charge is 0.453 e. The average molecular weight is 308 g/mol. The van der Waals surface area contributed by atoms with Crippen molar-refractivity contribution in [2.45, 2.75) is 64.8 Å². The van der Waals surface area contributed by atoms with Crippen LogP contribution in [0.25, 0.3) is 0 Å². The molecule has 0 aliphatic heterocycles. The number of carbonyl (C=O) groups excluding carboxylic acids is 2. The number of hydrogen-bond donors (Lipinski definition) is 0. The van der Waals surface area contributed by atoms with Crippen LogP contribution in [-0.2, 0) is 19.1 Å². The van der Waals surface area contributed by atoms with Crippen LogP contribution in [0.4, 0.5) is 13.2 Å². The standard InChI is InChI=1S/C14H19F3O4/c1-4-7-11(5-2)21-13(19)9-6-8-12(18)20-10(3)14(15,16)17/h10-11H,5-6,8-9H2,1-3H3. The van der Waals surface area contributed by atoms with Crippen molar-refractivity contribution < 1.29 is 32.2 Å². The molecule has 7 heteroatoms. The molecule has 0 rings (SSSR count). The van der Waals surface area contributed by atoms with Gasteiger partial charge in [0.15, 0.2) is 12.2 Å². The topological polar surface area (TPSA) is 52.6 Å². The Labute approximate surface area is 122 Å². The van der Waals surface area contributed by atoms with E-state index in [0.29, 0.717) is 6.42 Å². The first-order valence-corrected chi connectivity index (χ1v) is 6.58. The zero-order valence-electron chi connectivity index (χ0n) is 12.3. The summed E-state index contributed by atoms with van der Waals surface area (Å²) in [6.45, 7) is 4.17. The minimum Gasteiger partial charge on any atom is -0.453 e. The third-order valence-corrected chi connectivity index (χ3v) is 2.48. The molecule has 0 aliphatic carbocycles. The van der Waals surface area contributed by atoms with Gasteiger partial charge < -0.3 is 9.47 Å². The highest BCUT2D eigenvalue weighted by Gasteiger charge is 2.38. The second-order valence-corrected chi connectivity index (χ2v) is 4.31. The molecule has 2 atom stereocenters. The molecule has 0 bridgehead atoms. The Morgan fingerprint density at radius 3 is 2.10 bits per heavy atom. The van der Waals surface area contributed by atoms with Gasteiger partial charge in [-0.15, -0.1) is 5.92 Å². The van der Waals surface area contributed by atoms with Crippen molar-refractivity contribution in [1.29, 1.82) is 0 Å². The maximum absolute atomic E-state index is 12.2.